The summed E-state index contributed by atoms with van der Waals surface area (Å²) < 4.78 is 33.3. The molecule has 0 unspecified atom stereocenters. The van der Waals surface area contributed by atoms with Crippen molar-refractivity contribution in [2.24, 2.45) is 5.92 Å². The van der Waals surface area contributed by atoms with Crippen molar-refractivity contribution >= 4 is 52.0 Å². The summed E-state index contributed by atoms with van der Waals surface area (Å²) in [6, 6.07) is 6.60. The molecule has 4 rings (SSSR count). The van der Waals surface area contributed by atoms with Gasteiger partial charge in [-0.05, 0) is 56.1 Å². The van der Waals surface area contributed by atoms with E-state index in [4.69, 9.17) is 16.3 Å². The largest absolute Gasteiger partial charge is 0.370 e. The zero-order chi connectivity index (χ0) is 25.8. The molecule has 1 aliphatic heterocycles. The van der Waals surface area contributed by atoms with Crippen LogP contribution in [-0.2, 0) is 14.3 Å². The Bertz CT molecular complexity index is 1130. The van der Waals surface area contributed by atoms with Crippen LogP contribution in [0.15, 0.2) is 30.3 Å². The van der Waals surface area contributed by atoms with Crippen molar-refractivity contribution in [3.05, 3.63) is 45.1 Å². The molecule has 1 atom stereocenters. The zero-order valence-corrected chi connectivity index (χ0v) is 21.2. The third-order valence-electron chi connectivity index (χ3n) is 6.14. The third-order valence-corrected chi connectivity index (χ3v) is 7.37. The van der Waals surface area contributed by atoms with Gasteiger partial charge in [0.25, 0.3) is 18.2 Å². The van der Waals surface area contributed by atoms with Gasteiger partial charge in [0.15, 0.2) is 0 Å². The first kappa shape index (κ1) is 26.5. The molecule has 1 aliphatic carbocycles. The minimum absolute atomic E-state index is 0.0332. The number of alkyl halides is 2. The molecule has 0 radical (unpaired) electrons. The number of anilines is 2. The van der Waals surface area contributed by atoms with Crippen LogP contribution in [0, 0.1) is 5.92 Å². The van der Waals surface area contributed by atoms with Crippen molar-refractivity contribution in [2.75, 3.05) is 50.1 Å². The normalized spacial score (nSPS) is 16.9. The van der Waals surface area contributed by atoms with E-state index in [2.05, 4.69) is 10.6 Å². The number of ether oxygens (including phenoxy) is 1. The maximum Gasteiger partial charge on any atom is 0.265 e. The lowest BCUT2D eigenvalue weighted by atomic mass is 10.1. The fourth-order valence-electron chi connectivity index (χ4n) is 4.05. The molecule has 0 spiro atoms. The Hall–Kier alpha value is -2.60. The van der Waals surface area contributed by atoms with E-state index in [1.165, 1.54) is 23.1 Å². The molecule has 2 aromatic rings. The molecule has 1 saturated carbocycles. The van der Waals surface area contributed by atoms with Crippen molar-refractivity contribution in [3.63, 3.8) is 0 Å². The number of likely N-dealkylation sites (N-methyl/N-ethyl adjacent to an activating group) is 1. The van der Waals surface area contributed by atoms with E-state index in [0.717, 1.165) is 24.2 Å². The number of amides is 3. The van der Waals surface area contributed by atoms with Gasteiger partial charge in [0.2, 0.25) is 5.91 Å². The van der Waals surface area contributed by atoms with E-state index < -0.39 is 24.3 Å². The van der Waals surface area contributed by atoms with E-state index in [1.807, 2.05) is 4.90 Å². The van der Waals surface area contributed by atoms with E-state index in [1.54, 1.807) is 19.2 Å². The van der Waals surface area contributed by atoms with Crippen LogP contribution in [0.1, 0.15) is 34.5 Å². The molecule has 3 amide bonds. The second-order valence-electron chi connectivity index (χ2n) is 8.87. The van der Waals surface area contributed by atoms with Gasteiger partial charge in [-0.3, -0.25) is 19.3 Å². The minimum atomic E-state index is -2.85. The Labute approximate surface area is 216 Å². The fraction of sp³-hybridized carbons (Fsp3) is 0.458. The summed E-state index contributed by atoms with van der Waals surface area (Å²) in [6.45, 7) is 0.975. The highest BCUT2D eigenvalue weighted by atomic mass is 35.5. The summed E-state index contributed by atoms with van der Waals surface area (Å²) in [4.78, 5) is 41.5. The van der Waals surface area contributed by atoms with Gasteiger partial charge in [-0.2, -0.15) is 0 Å². The summed E-state index contributed by atoms with van der Waals surface area (Å²) >= 11 is 7.05. The quantitative estimate of drug-likeness (QED) is 0.478. The van der Waals surface area contributed by atoms with Crippen LogP contribution < -0.4 is 15.5 Å². The average molecular weight is 541 g/mol. The van der Waals surface area contributed by atoms with Crippen LogP contribution in [0.5, 0.6) is 0 Å². The average Bonchev–Trinajstić information content (AvgIpc) is 3.55. The fourth-order valence-corrected chi connectivity index (χ4v) is 5.01. The standard InChI is InChI=1S/C24H27ClF2N4O4S/c1-30(12-14-2-3-14)18(11-28-24(34)19-6-7-20(25)36-19)23(33)29-15-4-5-17(16(10-15)22(26)27)31-8-9-35-13-21(31)32/h4-7,10,14,18,22H,2-3,8-9,11-13H2,1H3,(H,28,34)(H,29,33)/t18-/m0/s1. The SMILES string of the molecule is CN(CC1CC1)[C@@H](CNC(=O)c1ccc(Cl)s1)C(=O)Nc1ccc(N2CCOCC2=O)c(C(F)F)c1. The topological polar surface area (TPSA) is 91.0 Å². The molecular formula is C24H27ClF2N4O4S. The maximum absolute atomic E-state index is 13.9. The molecule has 2 fully saturated rings. The number of hydrogen-bond donors (Lipinski definition) is 2. The van der Waals surface area contributed by atoms with Crippen molar-refractivity contribution in [3.8, 4) is 0 Å². The number of rotatable bonds is 10. The molecule has 1 aromatic heterocycles. The molecule has 8 nitrogen and oxygen atoms in total. The van der Waals surface area contributed by atoms with Crippen LogP contribution in [-0.4, -0.2) is 68.6 Å². The smallest absolute Gasteiger partial charge is 0.265 e. The van der Waals surface area contributed by atoms with Crippen LogP contribution >= 0.6 is 22.9 Å². The van der Waals surface area contributed by atoms with E-state index >= 15 is 0 Å². The Morgan fingerprint density at radius 3 is 2.69 bits per heavy atom. The van der Waals surface area contributed by atoms with E-state index in [-0.39, 0.29) is 49.1 Å². The monoisotopic (exact) mass is 540 g/mol. The molecule has 2 heterocycles. The minimum Gasteiger partial charge on any atom is -0.370 e. The first-order valence-corrected chi connectivity index (χ1v) is 12.8. The summed E-state index contributed by atoms with van der Waals surface area (Å²) in [7, 11) is 1.80. The van der Waals surface area contributed by atoms with Crippen LogP contribution in [0.3, 0.4) is 0 Å². The van der Waals surface area contributed by atoms with E-state index in [9.17, 15) is 23.2 Å². The molecular weight excluding hydrogens is 514 g/mol. The highest BCUT2D eigenvalue weighted by molar-refractivity contribution is 7.18. The van der Waals surface area contributed by atoms with Crippen molar-refractivity contribution in [1.29, 1.82) is 0 Å². The van der Waals surface area contributed by atoms with Gasteiger partial charge >= 0.3 is 0 Å². The van der Waals surface area contributed by atoms with Crippen LogP contribution in [0.4, 0.5) is 20.2 Å². The second-order valence-corrected chi connectivity index (χ2v) is 10.6. The van der Waals surface area contributed by atoms with Gasteiger partial charge in [0, 0.05) is 30.9 Å². The lowest BCUT2D eigenvalue weighted by molar-refractivity contribution is -0.125. The summed E-state index contributed by atoms with van der Waals surface area (Å²) in [5.74, 6) is -0.681. The van der Waals surface area contributed by atoms with Crippen molar-refractivity contribution < 1.29 is 27.9 Å². The van der Waals surface area contributed by atoms with Gasteiger partial charge < -0.3 is 20.3 Å². The number of carbonyl (C=O) groups is 3. The van der Waals surface area contributed by atoms with E-state index in [0.29, 0.717) is 21.7 Å². The molecule has 1 saturated heterocycles. The maximum atomic E-state index is 13.9. The number of morpholine rings is 1. The number of benzene rings is 1. The highest BCUT2D eigenvalue weighted by Crippen LogP contribution is 2.33. The first-order valence-electron chi connectivity index (χ1n) is 11.6. The van der Waals surface area contributed by atoms with Gasteiger partial charge in [-0.25, -0.2) is 8.78 Å². The van der Waals surface area contributed by atoms with Gasteiger partial charge in [0.05, 0.1) is 21.5 Å². The summed E-state index contributed by atoms with van der Waals surface area (Å²) in [6.07, 6.45) is -0.686. The molecule has 36 heavy (non-hydrogen) atoms. The van der Waals surface area contributed by atoms with Crippen molar-refractivity contribution in [2.45, 2.75) is 25.3 Å². The molecule has 1 aromatic carbocycles. The number of nitrogens with zero attached hydrogens (tertiary/aromatic N) is 2. The summed E-state index contributed by atoms with van der Waals surface area (Å²) in [5.41, 5.74) is -0.0738. The second kappa shape index (κ2) is 11.6. The number of carbonyl (C=O) groups excluding carboxylic acids is 3. The molecule has 2 N–H and O–H groups in total. The third kappa shape index (κ3) is 6.58. The predicted octanol–water partition coefficient (Wildman–Crippen LogP) is 3.78. The Kier molecular flexibility index (Phi) is 8.55. The van der Waals surface area contributed by atoms with Gasteiger partial charge in [0.1, 0.15) is 12.6 Å². The molecule has 194 valence electrons. The molecule has 2 aliphatic rings. The Morgan fingerprint density at radius 1 is 1.28 bits per heavy atom. The van der Waals surface area contributed by atoms with Crippen LogP contribution in [0.25, 0.3) is 0 Å². The number of thiophene rings is 1. The number of hydrogen-bond acceptors (Lipinski definition) is 6. The lowest BCUT2D eigenvalue weighted by Crippen LogP contribution is -2.49. The number of halogens is 3. The van der Waals surface area contributed by atoms with Gasteiger partial charge in [-0.15, -0.1) is 11.3 Å². The van der Waals surface area contributed by atoms with Gasteiger partial charge in [-0.1, -0.05) is 11.6 Å². The van der Waals surface area contributed by atoms with Crippen LogP contribution in [0.2, 0.25) is 4.34 Å². The molecule has 12 heteroatoms. The zero-order valence-electron chi connectivity index (χ0n) is 19.6. The Morgan fingerprint density at radius 2 is 2.06 bits per heavy atom. The summed E-state index contributed by atoms with van der Waals surface area (Å²) in [5, 5.41) is 5.48. The first-order chi connectivity index (χ1) is 17.2. The molecule has 0 bridgehead atoms. The number of nitrogens with one attached hydrogen (secondary N) is 2. The Balaban J connectivity index is 1.48. The lowest BCUT2D eigenvalue weighted by Gasteiger charge is -2.29. The predicted molar refractivity (Wildman–Crippen MR) is 134 cm³/mol. The highest BCUT2D eigenvalue weighted by Gasteiger charge is 2.31. The van der Waals surface area contributed by atoms with Crippen molar-refractivity contribution in [1.82, 2.24) is 10.2 Å².